The molecule has 0 unspecified atom stereocenters. The summed E-state index contributed by atoms with van der Waals surface area (Å²) in [7, 11) is 0. The van der Waals surface area contributed by atoms with Crippen molar-refractivity contribution in [3.05, 3.63) is 106 Å². The quantitative estimate of drug-likeness (QED) is 0.187. The molecular formula is C39H48N4O2. The van der Waals surface area contributed by atoms with Gasteiger partial charge in [-0.25, -0.2) is 0 Å². The molecule has 0 radical (unpaired) electrons. The summed E-state index contributed by atoms with van der Waals surface area (Å²) in [6.07, 6.45) is 6.24. The lowest BCUT2D eigenvalue weighted by molar-refractivity contribution is -0.143. The summed E-state index contributed by atoms with van der Waals surface area (Å²) in [6, 6.07) is 24.2. The molecule has 2 aromatic heterocycles. The van der Waals surface area contributed by atoms with Crippen molar-refractivity contribution in [1.29, 1.82) is 0 Å². The molecule has 0 bridgehead atoms. The van der Waals surface area contributed by atoms with Crippen molar-refractivity contribution in [3.8, 4) is 0 Å². The number of fused-ring (bicyclic) bond motifs is 6. The van der Waals surface area contributed by atoms with Crippen LogP contribution in [-0.2, 0) is 41.9 Å². The van der Waals surface area contributed by atoms with E-state index in [1.807, 2.05) is 6.92 Å². The number of rotatable bonds is 7. The number of H-pyrrole nitrogens is 2. The van der Waals surface area contributed by atoms with E-state index in [4.69, 9.17) is 4.74 Å². The summed E-state index contributed by atoms with van der Waals surface area (Å²) in [5.74, 6) is -0.0956. The van der Waals surface area contributed by atoms with Crippen LogP contribution in [0.2, 0.25) is 0 Å². The zero-order chi connectivity index (χ0) is 31.2. The van der Waals surface area contributed by atoms with Crippen molar-refractivity contribution in [2.75, 3.05) is 32.8 Å². The summed E-state index contributed by atoms with van der Waals surface area (Å²) < 4.78 is 5.03. The van der Waals surface area contributed by atoms with Gasteiger partial charge in [-0.05, 0) is 107 Å². The number of hydrogen-bond donors (Lipinski definition) is 2. The smallest absolute Gasteiger partial charge is 0.307 e. The number of aryl methyl sites for hydroxylation is 4. The molecule has 2 aliphatic heterocycles. The second kappa shape index (κ2) is 14.5. The molecule has 0 fully saturated rings. The van der Waals surface area contributed by atoms with Crippen LogP contribution in [0, 0.1) is 13.8 Å². The molecule has 0 atom stereocenters. The second-order valence-electron chi connectivity index (χ2n) is 12.8. The molecule has 0 saturated carbocycles. The highest BCUT2D eigenvalue weighted by atomic mass is 16.5. The number of nitrogens with one attached hydrogen (secondary N) is 2. The molecule has 5 aromatic rings. The van der Waals surface area contributed by atoms with Gasteiger partial charge in [0.1, 0.15) is 0 Å². The first-order chi connectivity index (χ1) is 22.0. The second-order valence-corrected chi connectivity index (χ2v) is 12.8. The van der Waals surface area contributed by atoms with Gasteiger partial charge in [0.05, 0.1) is 13.0 Å². The van der Waals surface area contributed by atoms with Crippen LogP contribution < -0.4 is 0 Å². The Balaban J connectivity index is 0.000000159. The number of hydrogen-bond acceptors (Lipinski definition) is 4. The fourth-order valence-corrected chi connectivity index (χ4v) is 6.98. The van der Waals surface area contributed by atoms with Gasteiger partial charge in [-0.3, -0.25) is 14.6 Å². The van der Waals surface area contributed by atoms with E-state index >= 15 is 0 Å². The van der Waals surface area contributed by atoms with E-state index in [0.717, 1.165) is 52.0 Å². The number of ether oxygens (including phenoxy) is 1. The number of nitrogens with zero attached hydrogens (tertiary/aromatic N) is 2. The Morgan fingerprint density at radius 1 is 0.756 bits per heavy atom. The van der Waals surface area contributed by atoms with Gasteiger partial charge in [-0.2, -0.15) is 0 Å². The molecule has 3 aromatic carbocycles. The van der Waals surface area contributed by atoms with Crippen LogP contribution in [0.15, 0.2) is 66.7 Å². The first-order valence-corrected chi connectivity index (χ1v) is 16.8. The maximum atomic E-state index is 11.6. The topological polar surface area (TPSA) is 64.4 Å². The number of aromatic nitrogens is 2. The third-order valence-corrected chi connectivity index (χ3v) is 9.36. The van der Waals surface area contributed by atoms with Crippen LogP contribution in [-0.4, -0.2) is 58.5 Å². The van der Waals surface area contributed by atoms with E-state index in [1.165, 1.54) is 80.4 Å². The molecule has 6 heteroatoms. The van der Waals surface area contributed by atoms with E-state index in [0.29, 0.717) is 13.0 Å². The number of carbonyl (C=O) groups excluding carboxylic acids is 1. The van der Waals surface area contributed by atoms with Crippen LogP contribution in [0.4, 0.5) is 0 Å². The lowest BCUT2D eigenvalue weighted by Gasteiger charge is -2.20. The standard InChI is InChI=1S/C21H24N2.C18H24N2O2/c1-16-9-10-21-18(14-16)19-15-23(12-5-8-20(19)22-21)13-11-17-6-3-2-4-7-17;1-3-22-18(21)8-10-20-9-4-5-16-15(12-20)14-11-13(2)6-7-17(14)19-16/h2-4,6-7,9-10,14,22H,5,8,11-13,15H2,1H3;6-7,11,19H,3-5,8-10,12H2,1-2H3. The molecule has 0 saturated heterocycles. The molecule has 0 spiro atoms. The third-order valence-electron chi connectivity index (χ3n) is 9.36. The normalized spacial score (nSPS) is 15.5. The van der Waals surface area contributed by atoms with Crippen molar-refractivity contribution in [1.82, 2.24) is 19.8 Å². The van der Waals surface area contributed by atoms with Crippen LogP contribution in [0.5, 0.6) is 0 Å². The summed E-state index contributed by atoms with van der Waals surface area (Å²) in [5, 5.41) is 2.75. The van der Waals surface area contributed by atoms with Crippen molar-refractivity contribution in [2.45, 2.75) is 72.4 Å². The highest BCUT2D eigenvalue weighted by molar-refractivity contribution is 5.86. The van der Waals surface area contributed by atoms with Crippen molar-refractivity contribution in [3.63, 3.8) is 0 Å². The average molecular weight is 605 g/mol. The molecule has 7 rings (SSSR count). The number of esters is 1. The van der Waals surface area contributed by atoms with Gasteiger partial charge in [0, 0.05) is 59.4 Å². The first-order valence-electron chi connectivity index (χ1n) is 16.8. The first kappa shape index (κ1) is 31.1. The lowest BCUT2D eigenvalue weighted by Crippen LogP contribution is -2.26. The van der Waals surface area contributed by atoms with Gasteiger partial charge < -0.3 is 14.7 Å². The van der Waals surface area contributed by atoms with Gasteiger partial charge >= 0.3 is 5.97 Å². The Morgan fingerprint density at radius 3 is 1.87 bits per heavy atom. The van der Waals surface area contributed by atoms with Crippen molar-refractivity contribution < 1.29 is 9.53 Å². The fraction of sp³-hybridized carbons (Fsp3) is 0.410. The van der Waals surface area contributed by atoms with E-state index in [1.54, 1.807) is 0 Å². The molecule has 0 aliphatic carbocycles. The van der Waals surface area contributed by atoms with E-state index in [-0.39, 0.29) is 5.97 Å². The zero-order valence-electron chi connectivity index (χ0n) is 27.3. The number of aromatic amines is 2. The minimum Gasteiger partial charge on any atom is -0.466 e. The van der Waals surface area contributed by atoms with Crippen LogP contribution in [0.1, 0.15) is 65.4 Å². The highest BCUT2D eigenvalue weighted by Crippen LogP contribution is 2.29. The van der Waals surface area contributed by atoms with Gasteiger partial charge in [0.2, 0.25) is 0 Å². The molecule has 2 N–H and O–H groups in total. The number of carbonyl (C=O) groups is 1. The summed E-state index contributed by atoms with van der Waals surface area (Å²) in [5.41, 5.74) is 12.3. The monoisotopic (exact) mass is 604 g/mol. The van der Waals surface area contributed by atoms with Crippen molar-refractivity contribution >= 4 is 27.8 Å². The predicted molar refractivity (Wildman–Crippen MR) is 185 cm³/mol. The molecule has 236 valence electrons. The zero-order valence-corrected chi connectivity index (χ0v) is 27.3. The molecular weight excluding hydrogens is 556 g/mol. The third kappa shape index (κ3) is 7.69. The van der Waals surface area contributed by atoms with Crippen LogP contribution in [0.25, 0.3) is 21.8 Å². The lowest BCUT2D eigenvalue weighted by atomic mass is 10.1. The minimum absolute atomic E-state index is 0.0956. The Morgan fingerprint density at radius 2 is 1.31 bits per heavy atom. The van der Waals surface area contributed by atoms with Gasteiger partial charge in [-0.1, -0.05) is 53.6 Å². The largest absolute Gasteiger partial charge is 0.466 e. The van der Waals surface area contributed by atoms with E-state index in [9.17, 15) is 4.79 Å². The Bertz CT molecular complexity index is 1730. The van der Waals surface area contributed by atoms with Crippen LogP contribution >= 0.6 is 0 Å². The maximum Gasteiger partial charge on any atom is 0.307 e. The van der Waals surface area contributed by atoms with E-state index in [2.05, 4.69) is 100 Å². The summed E-state index contributed by atoms with van der Waals surface area (Å²) in [4.78, 5) is 23.8. The molecule has 0 amide bonds. The minimum atomic E-state index is -0.0956. The predicted octanol–water partition coefficient (Wildman–Crippen LogP) is 7.64. The van der Waals surface area contributed by atoms with Gasteiger partial charge in [0.25, 0.3) is 0 Å². The van der Waals surface area contributed by atoms with Gasteiger partial charge in [0.15, 0.2) is 0 Å². The highest BCUT2D eigenvalue weighted by Gasteiger charge is 2.20. The maximum absolute atomic E-state index is 11.6. The SMILES string of the molecule is CCOC(=O)CCN1CCCc2[nH]c3ccc(C)cc3c2C1.Cc1ccc2[nH]c3c(c2c1)CN(CCc1ccccc1)CCC3. The van der Waals surface area contributed by atoms with Gasteiger partial charge in [-0.15, -0.1) is 0 Å². The van der Waals surface area contributed by atoms with Crippen LogP contribution in [0.3, 0.4) is 0 Å². The Kier molecular flexibility index (Phi) is 10.0. The number of benzene rings is 3. The fourth-order valence-electron chi connectivity index (χ4n) is 6.98. The molecule has 2 aliphatic rings. The van der Waals surface area contributed by atoms with E-state index < -0.39 is 0 Å². The summed E-state index contributed by atoms with van der Waals surface area (Å²) in [6.45, 7) is 12.8. The Hall–Kier alpha value is -3.87. The Labute approximate surface area is 267 Å². The molecule has 45 heavy (non-hydrogen) atoms. The summed E-state index contributed by atoms with van der Waals surface area (Å²) >= 11 is 0. The molecule has 6 nitrogen and oxygen atoms in total. The van der Waals surface area contributed by atoms with Crippen molar-refractivity contribution in [2.24, 2.45) is 0 Å². The molecule has 4 heterocycles. The average Bonchev–Trinajstić information content (AvgIpc) is 3.36.